The number of anilines is 1. The van der Waals surface area contributed by atoms with Crippen LogP contribution >= 0.6 is 27.7 Å². The molecule has 3 rings (SSSR count). The normalized spacial score (nSPS) is 16.3. The number of halogens is 3. The minimum Gasteiger partial charge on any atom is -0.368 e. The van der Waals surface area contributed by atoms with Gasteiger partial charge in [0.15, 0.2) is 11.6 Å². The lowest BCUT2D eigenvalue weighted by molar-refractivity contribution is 0.0951. The van der Waals surface area contributed by atoms with Crippen molar-refractivity contribution in [2.75, 3.05) is 11.9 Å². The highest BCUT2D eigenvalue weighted by molar-refractivity contribution is 9.14. The van der Waals surface area contributed by atoms with Crippen molar-refractivity contribution >= 4 is 39.4 Å². The molecule has 2 aromatic rings. The fraction of sp³-hybridized carbons (Fsp3) is 0.222. The molecule has 8 heteroatoms. The van der Waals surface area contributed by atoms with E-state index in [0.29, 0.717) is 28.7 Å². The van der Waals surface area contributed by atoms with E-state index in [1.165, 1.54) is 6.07 Å². The van der Waals surface area contributed by atoms with Crippen LogP contribution in [-0.2, 0) is 6.54 Å². The Kier molecular flexibility index (Phi) is 6.26. The second-order valence-corrected chi connectivity index (χ2v) is 8.42. The largest absolute Gasteiger partial charge is 0.368 e. The number of pyridine rings is 1. The Bertz CT molecular complexity index is 847. The van der Waals surface area contributed by atoms with Gasteiger partial charge in [-0.1, -0.05) is 12.1 Å². The zero-order chi connectivity index (χ0) is 18.5. The summed E-state index contributed by atoms with van der Waals surface area (Å²) >= 11 is 5.19. The topological polar surface area (TPSA) is 54.0 Å². The third-order valence-corrected chi connectivity index (χ3v) is 5.78. The Hall–Kier alpha value is -1.93. The molecule has 0 aliphatic carbocycles. The first-order valence-electron chi connectivity index (χ1n) is 7.96. The van der Waals surface area contributed by atoms with E-state index in [4.69, 9.17) is 0 Å². The van der Waals surface area contributed by atoms with E-state index in [-0.39, 0.29) is 12.5 Å². The number of carbonyl (C=O) groups excluding carboxylic acids is 1. The molecule has 1 aliphatic rings. The van der Waals surface area contributed by atoms with Gasteiger partial charge in [-0.05, 0) is 52.2 Å². The molecule has 1 aromatic carbocycles. The maximum atomic E-state index is 13.2. The lowest BCUT2D eigenvalue weighted by atomic mass is 10.2. The first kappa shape index (κ1) is 18.8. The van der Waals surface area contributed by atoms with Crippen molar-refractivity contribution < 1.29 is 13.6 Å². The van der Waals surface area contributed by atoms with Gasteiger partial charge in [0.25, 0.3) is 5.91 Å². The third kappa shape index (κ3) is 4.82. The summed E-state index contributed by atoms with van der Waals surface area (Å²) in [5, 5.41) is 6.30. The van der Waals surface area contributed by atoms with Crippen LogP contribution < -0.4 is 10.6 Å². The lowest BCUT2D eigenvalue weighted by Gasteiger charge is -2.14. The number of nitrogens with zero attached hydrogens (tertiary/aromatic N) is 1. The van der Waals surface area contributed by atoms with E-state index in [1.54, 1.807) is 30.1 Å². The van der Waals surface area contributed by atoms with Gasteiger partial charge in [-0.3, -0.25) is 4.79 Å². The van der Waals surface area contributed by atoms with Crippen molar-refractivity contribution in [1.29, 1.82) is 0 Å². The number of amides is 1. The average molecular weight is 440 g/mol. The van der Waals surface area contributed by atoms with Gasteiger partial charge in [-0.15, -0.1) is 11.8 Å². The quantitative estimate of drug-likeness (QED) is 0.698. The fourth-order valence-corrected chi connectivity index (χ4v) is 4.32. The van der Waals surface area contributed by atoms with Crippen molar-refractivity contribution in [1.82, 2.24) is 10.3 Å². The fourth-order valence-electron chi connectivity index (χ4n) is 2.47. The summed E-state index contributed by atoms with van der Waals surface area (Å²) in [5.41, 5.74) is 0.888. The zero-order valence-corrected chi connectivity index (χ0v) is 16.0. The molecule has 2 N–H and O–H groups in total. The number of nitrogens with one attached hydrogen (secondary N) is 2. The Morgan fingerprint density at radius 1 is 1.31 bits per heavy atom. The highest BCUT2D eigenvalue weighted by atomic mass is 79.9. The standard InChI is InChI=1S/C18H16BrF2N3OS/c19-16-6-4-12(26-16)10-23-17-13(2-1-7-22-17)18(25)24-9-11-3-5-14(20)15(21)8-11/h1-3,5-8,12H,4,9-10H2,(H,22,23)(H,24,25). The highest BCUT2D eigenvalue weighted by Gasteiger charge is 2.18. The van der Waals surface area contributed by atoms with Crippen LogP contribution in [0.2, 0.25) is 0 Å². The number of aromatic nitrogens is 1. The van der Waals surface area contributed by atoms with Gasteiger partial charge in [0, 0.05) is 28.4 Å². The predicted octanol–water partition coefficient (Wildman–Crippen LogP) is 4.44. The number of hydrogen-bond donors (Lipinski definition) is 2. The van der Waals surface area contributed by atoms with Gasteiger partial charge >= 0.3 is 0 Å². The van der Waals surface area contributed by atoms with Gasteiger partial charge in [0.05, 0.1) is 5.56 Å². The van der Waals surface area contributed by atoms with Crippen LogP contribution in [0.4, 0.5) is 14.6 Å². The summed E-state index contributed by atoms with van der Waals surface area (Å²) in [6, 6.07) is 6.90. The van der Waals surface area contributed by atoms with Gasteiger partial charge in [0.1, 0.15) is 5.82 Å². The van der Waals surface area contributed by atoms with Gasteiger partial charge < -0.3 is 10.6 Å². The number of hydrogen-bond acceptors (Lipinski definition) is 4. The molecule has 1 aromatic heterocycles. The summed E-state index contributed by atoms with van der Waals surface area (Å²) in [5.74, 6) is -1.68. The van der Waals surface area contributed by atoms with Gasteiger partial charge in [-0.25, -0.2) is 13.8 Å². The summed E-state index contributed by atoms with van der Waals surface area (Å²) in [6.07, 6.45) is 4.68. The first-order chi connectivity index (χ1) is 12.5. The van der Waals surface area contributed by atoms with Crippen LogP contribution in [0.25, 0.3) is 0 Å². The third-order valence-electron chi connectivity index (χ3n) is 3.81. The maximum absolute atomic E-state index is 13.2. The lowest BCUT2D eigenvalue weighted by Crippen LogP contribution is -2.25. The number of allylic oxidation sites excluding steroid dienone is 1. The van der Waals surface area contributed by atoms with Crippen LogP contribution in [0.15, 0.2) is 46.4 Å². The minimum absolute atomic E-state index is 0.0969. The average Bonchev–Trinajstić information content (AvgIpc) is 3.06. The molecular formula is C18H16BrF2N3OS. The van der Waals surface area contributed by atoms with Crippen molar-refractivity contribution in [2.45, 2.75) is 18.2 Å². The van der Waals surface area contributed by atoms with Crippen molar-refractivity contribution in [3.05, 3.63) is 69.2 Å². The van der Waals surface area contributed by atoms with E-state index in [2.05, 4.69) is 37.6 Å². The summed E-state index contributed by atoms with van der Waals surface area (Å²) in [4.78, 5) is 16.7. The summed E-state index contributed by atoms with van der Waals surface area (Å²) in [7, 11) is 0. The minimum atomic E-state index is -0.936. The smallest absolute Gasteiger partial charge is 0.255 e. The molecule has 0 bridgehead atoms. The second kappa shape index (κ2) is 8.64. The van der Waals surface area contributed by atoms with Crippen molar-refractivity contribution in [2.24, 2.45) is 0 Å². The van der Waals surface area contributed by atoms with E-state index < -0.39 is 11.6 Å². The maximum Gasteiger partial charge on any atom is 0.255 e. The number of carbonyl (C=O) groups is 1. The Morgan fingerprint density at radius 2 is 2.15 bits per heavy atom. The van der Waals surface area contributed by atoms with E-state index in [1.807, 2.05) is 0 Å². The van der Waals surface area contributed by atoms with Crippen molar-refractivity contribution in [3.63, 3.8) is 0 Å². The number of rotatable bonds is 6. The Balaban J connectivity index is 1.60. The summed E-state index contributed by atoms with van der Waals surface area (Å²) in [6.45, 7) is 0.774. The number of benzene rings is 1. The molecule has 4 nitrogen and oxygen atoms in total. The predicted molar refractivity (Wildman–Crippen MR) is 103 cm³/mol. The molecule has 0 fully saturated rings. The first-order valence-corrected chi connectivity index (χ1v) is 9.63. The molecule has 26 heavy (non-hydrogen) atoms. The summed E-state index contributed by atoms with van der Waals surface area (Å²) < 4.78 is 27.3. The molecule has 0 saturated carbocycles. The molecule has 1 aliphatic heterocycles. The monoisotopic (exact) mass is 439 g/mol. The van der Waals surface area contributed by atoms with Crippen LogP contribution in [0.5, 0.6) is 0 Å². The van der Waals surface area contributed by atoms with E-state index >= 15 is 0 Å². The van der Waals surface area contributed by atoms with Crippen molar-refractivity contribution in [3.8, 4) is 0 Å². The van der Waals surface area contributed by atoms with Gasteiger partial charge in [0.2, 0.25) is 0 Å². The van der Waals surface area contributed by atoms with Crippen LogP contribution in [0, 0.1) is 11.6 Å². The Labute approximate surface area is 162 Å². The molecule has 0 spiro atoms. The molecular weight excluding hydrogens is 424 g/mol. The van der Waals surface area contributed by atoms with Crippen LogP contribution in [0.3, 0.4) is 0 Å². The van der Waals surface area contributed by atoms with Crippen LogP contribution in [-0.4, -0.2) is 22.7 Å². The van der Waals surface area contributed by atoms with Crippen LogP contribution in [0.1, 0.15) is 22.3 Å². The van der Waals surface area contributed by atoms with E-state index in [0.717, 1.165) is 22.4 Å². The molecule has 2 heterocycles. The molecule has 136 valence electrons. The molecule has 0 radical (unpaired) electrons. The Morgan fingerprint density at radius 3 is 2.88 bits per heavy atom. The molecule has 1 amide bonds. The highest BCUT2D eigenvalue weighted by Crippen LogP contribution is 2.36. The van der Waals surface area contributed by atoms with Gasteiger partial charge in [-0.2, -0.15) is 0 Å². The zero-order valence-electron chi connectivity index (χ0n) is 13.6. The molecule has 1 unspecified atom stereocenters. The van der Waals surface area contributed by atoms with E-state index in [9.17, 15) is 13.6 Å². The molecule has 1 atom stereocenters. The molecule has 0 saturated heterocycles. The SMILES string of the molecule is O=C(NCc1ccc(F)c(F)c1)c1cccnc1NCC1CC=C(Br)S1. The number of thioether (sulfide) groups is 1. The second-order valence-electron chi connectivity index (χ2n) is 5.70.